The van der Waals surface area contributed by atoms with Crippen LogP contribution in [0.25, 0.3) is 0 Å². The molecule has 2 bridgehead atoms. The monoisotopic (exact) mass is 275 g/mol. The van der Waals surface area contributed by atoms with Crippen LogP contribution in [0, 0.1) is 0 Å². The molecule has 2 fully saturated rings. The minimum atomic E-state index is -1.17. The highest BCUT2D eigenvalue weighted by molar-refractivity contribution is 5.73. The predicted octanol–water partition coefficient (Wildman–Crippen LogP) is -1.24. The van der Waals surface area contributed by atoms with Crippen LogP contribution in [-0.4, -0.2) is 66.1 Å². The van der Waals surface area contributed by atoms with E-state index in [1.165, 1.54) is 6.92 Å². The molecule has 3 N–H and O–H groups in total. The van der Waals surface area contributed by atoms with Crippen molar-refractivity contribution in [2.24, 2.45) is 0 Å². The second kappa shape index (κ2) is 5.72. The topological polar surface area (TPSA) is 97.2 Å². The highest BCUT2D eigenvalue weighted by Crippen LogP contribution is 2.37. The van der Waals surface area contributed by atoms with Gasteiger partial charge in [0.25, 0.3) is 0 Å². The first-order chi connectivity index (χ1) is 9.00. The lowest BCUT2D eigenvalue weighted by Gasteiger charge is -2.42. The summed E-state index contributed by atoms with van der Waals surface area (Å²) in [5.41, 5.74) is -1.05. The van der Waals surface area contributed by atoms with Crippen molar-refractivity contribution in [1.82, 2.24) is 5.32 Å². The van der Waals surface area contributed by atoms with Crippen molar-refractivity contribution in [2.75, 3.05) is 19.8 Å². The van der Waals surface area contributed by atoms with Crippen LogP contribution in [0.4, 0.5) is 0 Å². The van der Waals surface area contributed by atoms with E-state index in [9.17, 15) is 15.0 Å². The van der Waals surface area contributed by atoms with Crippen LogP contribution < -0.4 is 5.32 Å². The summed E-state index contributed by atoms with van der Waals surface area (Å²) in [6.45, 7) is 4.15. The molecule has 2 heterocycles. The Morgan fingerprint density at radius 3 is 2.89 bits per heavy atom. The van der Waals surface area contributed by atoms with Crippen molar-refractivity contribution in [2.45, 2.75) is 50.4 Å². The average Bonchev–Trinajstić information content (AvgIpc) is 2.76. The van der Waals surface area contributed by atoms with Crippen molar-refractivity contribution < 1.29 is 29.2 Å². The Morgan fingerprint density at radius 1 is 1.53 bits per heavy atom. The fraction of sp³-hybridized carbons (Fsp3) is 0.917. The van der Waals surface area contributed by atoms with Gasteiger partial charge in [0.15, 0.2) is 6.29 Å². The maximum atomic E-state index is 11.1. The van der Waals surface area contributed by atoms with E-state index in [1.54, 1.807) is 0 Å². The van der Waals surface area contributed by atoms with Gasteiger partial charge in [-0.05, 0) is 6.42 Å². The van der Waals surface area contributed by atoms with E-state index < -0.39 is 30.1 Å². The van der Waals surface area contributed by atoms with Crippen LogP contribution >= 0.6 is 0 Å². The highest BCUT2D eigenvalue weighted by Gasteiger charge is 2.59. The summed E-state index contributed by atoms with van der Waals surface area (Å²) in [4.78, 5) is 11.1. The molecule has 0 aromatic carbocycles. The van der Waals surface area contributed by atoms with Gasteiger partial charge in [0, 0.05) is 13.5 Å². The minimum absolute atomic E-state index is 0.135. The van der Waals surface area contributed by atoms with Crippen molar-refractivity contribution in [1.29, 1.82) is 0 Å². The molecule has 0 unspecified atom stereocenters. The number of hydrogen-bond donors (Lipinski definition) is 3. The van der Waals surface area contributed by atoms with E-state index in [1.807, 2.05) is 6.92 Å². The first kappa shape index (κ1) is 14.7. The molecule has 2 aliphatic rings. The van der Waals surface area contributed by atoms with Crippen LogP contribution in [0.15, 0.2) is 0 Å². The molecule has 1 amide bonds. The summed E-state index contributed by atoms with van der Waals surface area (Å²) in [7, 11) is 0. The smallest absolute Gasteiger partial charge is 0.217 e. The first-order valence-corrected chi connectivity index (χ1v) is 6.50. The van der Waals surface area contributed by atoms with Crippen molar-refractivity contribution >= 4 is 5.91 Å². The Morgan fingerprint density at radius 2 is 2.26 bits per heavy atom. The molecule has 2 saturated heterocycles. The summed E-state index contributed by atoms with van der Waals surface area (Å²) in [6, 6.07) is -0.769. The molecule has 0 radical (unpaired) electrons. The number of rotatable bonds is 5. The Balaban J connectivity index is 2.06. The second-order valence-corrected chi connectivity index (χ2v) is 5.08. The lowest BCUT2D eigenvalue weighted by atomic mass is 9.88. The number of aliphatic hydroxyl groups excluding tert-OH is 2. The molecule has 110 valence electrons. The van der Waals surface area contributed by atoms with E-state index in [0.717, 1.165) is 6.42 Å². The van der Waals surface area contributed by atoms with E-state index in [0.29, 0.717) is 6.61 Å². The number of fused-ring (bicyclic) bond motifs is 2. The maximum absolute atomic E-state index is 11.1. The molecule has 0 aromatic heterocycles. The molecule has 0 spiro atoms. The standard InChI is InChI=1S/C12H21NO6/c1-3-4-17-5-12-6-18-11(19-12)8(13-7(2)14)9(15)10(12)16/h8-11,15-16H,3-6H2,1-2H3,(H,13,14)/t8-,9-,10-,11+,12+/m1/s1. The van der Waals surface area contributed by atoms with Crippen LogP contribution in [0.5, 0.6) is 0 Å². The number of carbonyl (C=O) groups excluding carboxylic acids is 1. The third kappa shape index (κ3) is 2.75. The summed E-state index contributed by atoms with van der Waals surface area (Å²) in [5.74, 6) is -0.315. The fourth-order valence-corrected chi connectivity index (χ4v) is 2.46. The second-order valence-electron chi connectivity index (χ2n) is 5.08. The zero-order valence-electron chi connectivity index (χ0n) is 11.2. The molecule has 5 atom stereocenters. The fourth-order valence-electron chi connectivity index (χ4n) is 2.46. The van der Waals surface area contributed by atoms with E-state index >= 15 is 0 Å². The number of aliphatic hydroxyl groups is 2. The normalized spacial score (nSPS) is 41.3. The predicted molar refractivity (Wildman–Crippen MR) is 64.3 cm³/mol. The molecule has 0 aromatic rings. The Bertz CT molecular complexity index is 338. The van der Waals surface area contributed by atoms with Crippen LogP contribution in [-0.2, 0) is 19.0 Å². The quantitative estimate of drug-likeness (QED) is 0.543. The molecule has 0 saturated carbocycles. The van der Waals surface area contributed by atoms with E-state index in [-0.39, 0.29) is 19.1 Å². The number of amides is 1. The van der Waals surface area contributed by atoms with Gasteiger partial charge in [0.2, 0.25) is 5.91 Å². The third-order valence-electron chi connectivity index (χ3n) is 3.43. The van der Waals surface area contributed by atoms with Crippen LogP contribution in [0.3, 0.4) is 0 Å². The van der Waals surface area contributed by atoms with E-state index in [2.05, 4.69) is 5.32 Å². The van der Waals surface area contributed by atoms with Crippen molar-refractivity contribution in [3.8, 4) is 0 Å². The summed E-state index contributed by atoms with van der Waals surface area (Å²) >= 11 is 0. The van der Waals surface area contributed by atoms with Gasteiger partial charge in [-0.3, -0.25) is 4.79 Å². The minimum Gasteiger partial charge on any atom is -0.388 e. The Labute approximate surface area is 111 Å². The molecule has 0 aliphatic carbocycles. The van der Waals surface area contributed by atoms with Crippen LogP contribution in [0.2, 0.25) is 0 Å². The summed E-state index contributed by atoms with van der Waals surface area (Å²) in [5, 5.41) is 22.9. The van der Waals surface area contributed by atoms with Crippen molar-refractivity contribution in [3.05, 3.63) is 0 Å². The van der Waals surface area contributed by atoms with Gasteiger partial charge in [-0.1, -0.05) is 6.92 Å². The first-order valence-electron chi connectivity index (χ1n) is 6.50. The molecular formula is C12H21NO6. The van der Waals surface area contributed by atoms with Crippen LogP contribution in [0.1, 0.15) is 20.3 Å². The SMILES string of the molecule is CCCOC[C@@]12CO[C@@H](O1)[C@H](NC(C)=O)[C@@H](O)[C@H]2O. The highest BCUT2D eigenvalue weighted by atomic mass is 16.7. The molecule has 2 rings (SSSR count). The van der Waals surface area contributed by atoms with Gasteiger partial charge in [0.05, 0.1) is 13.2 Å². The molecule has 7 nitrogen and oxygen atoms in total. The van der Waals surface area contributed by atoms with Gasteiger partial charge < -0.3 is 29.7 Å². The lowest BCUT2D eigenvalue weighted by molar-refractivity contribution is -0.237. The van der Waals surface area contributed by atoms with E-state index in [4.69, 9.17) is 14.2 Å². The Kier molecular flexibility index (Phi) is 4.42. The lowest BCUT2D eigenvalue weighted by Crippen LogP contribution is -2.66. The molecule has 2 aliphatic heterocycles. The number of nitrogens with one attached hydrogen (secondary N) is 1. The van der Waals surface area contributed by atoms with Gasteiger partial charge in [-0.25, -0.2) is 0 Å². The molecule has 19 heavy (non-hydrogen) atoms. The van der Waals surface area contributed by atoms with Gasteiger partial charge >= 0.3 is 0 Å². The molecular weight excluding hydrogens is 254 g/mol. The number of carbonyl (C=O) groups is 1. The van der Waals surface area contributed by atoms with Gasteiger partial charge in [0.1, 0.15) is 23.9 Å². The Hall–Kier alpha value is -0.730. The molecule has 7 heteroatoms. The number of ether oxygens (including phenoxy) is 3. The zero-order chi connectivity index (χ0) is 14.0. The number of hydrogen-bond acceptors (Lipinski definition) is 6. The van der Waals surface area contributed by atoms with Crippen molar-refractivity contribution in [3.63, 3.8) is 0 Å². The summed E-state index contributed by atoms with van der Waals surface area (Å²) in [6.07, 6.45) is -2.21. The maximum Gasteiger partial charge on any atom is 0.217 e. The van der Waals surface area contributed by atoms with Gasteiger partial charge in [-0.15, -0.1) is 0 Å². The largest absolute Gasteiger partial charge is 0.388 e. The summed E-state index contributed by atoms with van der Waals surface area (Å²) < 4.78 is 16.5. The zero-order valence-corrected chi connectivity index (χ0v) is 11.2. The van der Waals surface area contributed by atoms with Gasteiger partial charge in [-0.2, -0.15) is 0 Å². The third-order valence-corrected chi connectivity index (χ3v) is 3.43. The average molecular weight is 275 g/mol.